The molecule has 0 spiro atoms. The molecule has 6 heteroatoms. The highest BCUT2D eigenvalue weighted by molar-refractivity contribution is 6.30. The lowest BCUT2D eigenvalue weighted by atomic mass is 10.2. The Morgan fingerprint density at radius 1 is 1.17 bits per heavy atom. The van der Waals surface area contributed by atoms with E-state index in [9.17, 15) is 4.79 Å². The first-order valence-electron chi connectivity index (χ1n) is 7.48. The van der Waals surface area contributed by atoms with E-state index < -0.39 is 6.10 Å². The Kier molecular flexibility index (Phi) is 6.21. The highest BCUT2D eigenvalue weighted by Crippen LogP contribution is 2.16. The SMILES string of the molecule is CC(Oc1ccc(Cl)cc1)C(=O)NN=Cc1ccc(N(C)C)cc1. The molecule has 0 fully saturated rings. The second kappa shape index (κ2) is 8.36. The van der Waals surface area contributed by atoms with Gasteiger partial charge < -0.3 is 9.64 Å². The van der Waals surface area contributed by atoms with Gasteiger partial charge in [-0.05, 0) is 48.9 Å². The number of hydrogen-bond donors (Lipinski definition) is 1. The molecule has 5 nitrogen and oxygen atoms in total. The van der Waals surface area contributed by atoms with Crippen LogP contribution in [0.2, 0.25) is 5.02 Å². The van der Waals surface area contributed by atoms with E-state index in [0.717, 1.165) is 11.3 Å². The molecule has 1 N–H and O–H groups in total. The molecule has 0 radical (unpaired) electrons. The zero-order valence-corrected chi connectivity index (χ0v) is 14.6. The van der Waals surface area contributed by atoms with Gasteiger partial charge in [0.1, 0.15) is 5.75 Å². The lowest BCUT2D eigenvalue weighted by molar-refractivity contribution is -0.127. The summed E-state index contributed by atoms with van der Waals surface area (Å²) in [6, 6.07) is 14.7. The summed E-state index contributed by atoms with van der Waals surface area (Å²) in [5, 5.41) is 4.57. The number of rotatable bonds is 6. The van der Waals surface area contributed by atoms with Crippen molar-refractivity contribution < 1.29 is 9.53 Å². The summed E-state index contributed by atoms with van der Waals surface area (Å²) in [5.74, 6) is 0.247. The smallest absolute Gasteiger partial charge is 0.280 e. The van der Waals surface area contributed by atoms with Gasteiger partial charge in [0.05, 0.1) is 6.21 Å². The molecule has 2 rings (SSSR count). The first-order chi connectivity index (χ1) is 11.5. The molecule has 0 aliphatic heterocycles. The third-order valence-electron chi connectivity index (χ3n) is 3.29. The summed E-state index contributed by atoms with van der Waals surface area (Å²) in [4.78, 5) is 14.0. The molecule has 126 valence electrons. The zero-order valence-electron chi connectivity index (χ0n) is 13.9. The van der Waals surface area contributed by atoms with Crippen LogP contribution in [0, 0.1) is 0 Å². The van der Waals surface area contributed by atoms with Crippen LogP contribution < -0.4 is 15.1 Å². The molecular formula is C18H20ClN3O2. The number of ether oxygens (including phenoxy) is 1. The lowest BCUT2D eigenvalue weighted by Gasteiger charge is -2.13. The molecule has 0 heterocycles. The van der Waals surface area contributed by atoms with Crippen LogP contribution in [0.4, 0.5) is 5.69 Å². The molecule has 0 saturated carbocycles. The van der Waals surface area contributed by atoms with Crippen LogP contribution >= 0.6 is 11.6 Å². The van der Waals surface area contributed by atoms with Crippen molar-refractivity contribution in [1.29, 1.82) is 0 Å². The summed E-state index contributed by atoms with van der Waals surface area (Å²) in [6.45, 7) is 1.66. The number of nitrogens with one attached hydrogen (secondary N) is 1. The highest BCUT2D eigenvalue weighted by Gasteiger charge is 2.13. The van der Waals surface area contributed by atoms with Gasteiger partial charge in [-0.2, -0.15) is 5.10 Å². The van der Waals surface area contributed by atoms with E-state index >= 15 is 0 Å². The van der Waals surface area contributed by atoms with Crippen molar-refractivity contribution in [2.75, 3.05) is 19.0 Å². The Bertz CT molecular complexity index is 697. The van der Waals surface area contributed by atoms with E-state index in [4.69, 9.17) is 16.3 Å². The average molecular weight is 346 g/mol. The number of halogens is 1. The Morgan fingerprint density at radius 3 is 2.38 bits per heavy atom. The predicted molar refractivity (Wildman–Crippen MR) is 98.0 cm³/mol. The van der Waals surface area contributed by atoms with Gasteiger partial charge in [-0.3, -0.25) is 4.79 Å². The van der Waals surface area contributed by atoms with E-state index in [2.05, 4.69) is 10.5 Å². The van der Waals surface area contributed by atoms with Crippen molar-refractivity contribution in [1.82, 2.24) is 5.43 Å². The van der Waals surface area contributed by atoms with Gasteiger partial charge in [0.15, 0.2) is 6.10 Å². The zero-order chi connectivity index (χ0) is 17.5. The van der Waals surface area contributed by atoms with Gasteiger partial charge in [0, 0.05) is 24.8 Å². The number of anilines is 1. The molecule has 1 atom stereocenters. The van der Waals surface area contributed by atoms with Crippen LogP contribution in [0.5, 0.6) is 5.75 Å². The Balaban J connectivity index is 1.86. The van der Waals surface area contributed by atoms with Crippen LogP contribution in [0.3, 0.4) is 0 Å². The van der Waals surface area contributed by atoms with Crippen LogP contribution in [0.1, 0.15) is 12.5 Å². The lowest BCUT2D eigenvalue weighted by Crippen LogP contribution is -2.33. The summed E-state index contributed by atoms with van der Waals surface area (Å²) < 4.78 is 5.53. The molecule has 0 aliphatic rings. The molecular weight excluding hydrogens is 326 g/mol. The molecule has 0 bridgehead atoms. The van der Waals surface area contributed by atoms with Crippen molar-refractivity contribution in [2.45, 2.75) is 13.0 Å². The molecule has 2 aromatic rings. The van der Waals surface area contributed by atoms with E-state index in [1.165, 1.54) is 0 Å². The summed E-state index contributed by atoms with van der Waals surface area (Å²) >= 11 is 5.81. The molecule has 0 saturated heterocycles. The number of amides is 1. The summed E-state index contributed by atoms with van der Waals surface area (Å²) in [7, 11) is 3.96. The maximum absolute atomic E-state index is 12.0. The Hall–Kier alpha value is -2.53. The minimum Gasteiger partial charge on any atom is -0.481 e. The second-order valence-corrected chi connectivity index (χ2v) is 5.87. The number of benzene rings is 2. The third kappa shape index (κ3) is 5.28. The van der Waals surface area contributed by atoms with Gasteiger partial charge in [-0.1, -0.05) is 23.7 Å². The topological polar surface area (TPSA) is 53.9 Å². The van der Waals surface area contributed by atoms with Crippen molar-refractivity contribution in [3.63, 3.8) is 0 Å². The molecule has 2 aromatic carbocycles. The normalized spacial score (nSPS) is 12.0. The van der Waals surface area contributed by atoms with Crippen LogP contribution in [0.25, 0.3) is 0 Å². The molecule has 0 aliphatic carbocycles. The number of carbonyl (C=O) groups excluding carboxylic acids is 1. The maximum Gasteiger partial charge on any atom is 0.280 e. The van der Waals surface area contributed by atoms with E-state index in [0.29, 0.717) is 10.8 Å². The van der Waals surface area contributed by atoms with E-state index in [1.54, 1.807) is 37.4 Å². The van der Waals surface area contributed by atoms with Gasteiger partial charge in [-0.15, -0.1) is 0 Å². The minimum absolute atomic E-state index is 0.328. The monoisotopic (exact) mass is 345 g/mol. The third-order valence-corrected chi connectivity index (χ3v) is 3.55. The van der Waals surface area contributed by atoms with Crippen molar-refractivity contribution in [3.05, 3.63) is 59.1 Å². The maximum atomic E-state index is 12.0. The first kappa shape index (κ1) is 17.8. The molecule has 1 amide bonds. The Morgan fingerprint density at radius 2 is 1.79 bits per heavy atom. The van der Waals surface area contributed by atoms with E-state index in [-0.39, 0.29) is 5.91 Å². The first-order valence-corrected chi connectivity index (χ1v) is 7.86. The summed E-state index contributed by atoms with van der Waals surface area (Å²) in [6.07, 6.45) is 0.922. The molecule has 1 unspecified atom stereocenters. The summed E-state index contributed by atoms with van der Waals surface area (Å²) in [5.41, 5.74) is 4.46. The number of hydrazone groups is 1. The molecule has 24 heavy (non-hydrogen) atoms. The van der Waals surface area contributed by atoms with Crippen molar-refractivity contribution in [3.8, 4) is 5.75 Å². The predicted octanol–water partition coefficient (Wildman–Crippen LogP) is 3.32. The number of hydrogen-bond acceptors (Lipinski definition) is 4. The van der Waals surface area contributed by atoms with Crippen molar-refractivity contribution in [2.24, 2.45) is 5.10 Å². The van der Waals surface area contributed by atoms with Gasteiger partial charge in [0.25, 0.3) is 5.91 Å². The van der Waals surface area contributed by atoms with Gasteiger partial charge in [-0.25, -0.2) is 5.43 Å². The van der Waals surface area contributed by atoms with Crippen LogP contribution in [-0.4, -0.2) is 32.3 Å². The van der Waals surface area contributed by atoms with Crippen LogP contribution in [0.15, 0.2) is 53.6 Å². The van der Waals surface area contributed by atoms with Gasteiger partial charge >= 0.3 is 0 Å². The fraction of sp³-hybridized carbons (Fsp3) is 0.222. The fourth-order valence-electron chi connectivity index (χ4n) is 1.89. The van der Waals surface area contributed by atoms with E-state index in [1.807, 2.05) is 43.3 Å². The largest absolute Gasteiger partial charge is 0.481 e. The van der Waals surface area contributed by atoms with Crippen LogP contribution in [-0.2, 0) is 4.79 Å². The fourth-order valence-corrected chi connectivity index (χ4v) is 2.02. The molecule has 0 aromatic heterocycles. The quantitative estimate of drug-likeness (QED) is 0.645. The second-order valence-electron chi connectivity index (χ2n) is 5.43. The van der Waals surface area contributed by atoms with Crippen molar-refractivity contribution >= 4 is 29.4 Å². The minimum atomic E-state index is -0.667. The highest BCUT2D eigenvalue weighted by atomic mass is 35.5. The average Bonchev–Trinajstić information content (AvgIpc) is 2.57. The van der Waals surface area contributed by atoms with Gasteiger partial charge in [0.2, 0.25) is 0 Å². The Labute approximate surface area is 146 Å². The number of nitrogens with zero attached hydrogens (tertiary/aromatic N) is 2. The number of carbonyl (C=O) groups is 1. The standard InChI is InChI=1S/C18H20ClN3O2/c1-13(24-17-10-6-15(19)7-11-17)18(23)21-20-12-14-4-8-16(9-5-14)22(2)3/h4-13H,1-3H3,(H,21,23).